The van der Waals surface area contributed by atoms with E-state index in [9.17, 15) is 8.42 Å². The molecular formula is C23H23N3O2S. The standard InChI is InChI=1S/C23H23N3O2S/c1-15-8-13-20(29(26,27)28)14-21(15)17-9-11-18(12-10-17)22(16(2)24)23(25)19-6-4-3-5-7-19/h3-14,25H,24H2,1-2H3,(H2,26,27,28)/b22-16-,25-23?. The molecule has 6 heteroatoms. The van der Waals surface area contributed by atoms with E-state index >= 15 is 0 Å². The molecule has 5 N–H and O–H groups in total. The molecule has 0 saturated carbocycles. The lowest BCUT2D eigenvalue weighted by molar-refractivity contribution is 0.598. The number of sulfonamides is 1. The number of aryl methyl sites for hydroxylation is 1. The lowest BCUT2D eigenvalue weighted by Crippen LogP contribution is -2.12. The van der Waals surface area contributed by atoms with Gasteiger partial charge >= 0.3 is 0 Å². The van der Waals surface area contributed by atoms with E-state index in [1.54, 1.807) is 19.1 Å². The third-order valence-electron chi connectivity index (χ3n) is 4.73. The fourth-order valence-electron chi connectivity index (χ4n) is 3.22. The van der Waals surface area contributed by atoms with Crippen molar-refractivity contribution in [2.45, 2.75) is 18.7 Å². The van der Waals surface area contributed by atoms with Crippen LogP contribution in [0.25, 0.3) is 16.7 Å². The molecule has 0 aromatic heterocycles. The molecule has 3 aromatic rings. The molecular weight excluding hydrogens is 382 g/mol. The molecule has 29 heavy (non-hydrogen) atoms. The van der Waals surface area contributed by atoms with Gasteiger partial charge in [-0.3, -0.25) is 5.41 Å². The van der Waals surface area contributed by atoms with Crippen molar-refractivity contribution < 1.29 is 8.42 Å². The van der Waals surface area contributed by atoms with Gasteiger partial charge in [0, 0.05) is 16.8 Å². The zero-order chi connectivity index (χ0) is 21.2. The highest BCUT2D eigenvalue weighted by Crippen LogP contribution is 2.29. The lowest BCUT2D eigenvalue weighted by Gasteiger charge is -2.14. The molecule has 0 aliphatic rings. The van der Waals surface area contributed by atoms with Crippen molar-refractivity contribution in [1.82, 2.24) is 0 Å². The highest BCUT2D eigenvalue weighted by molar-refractivity contribution is 7.89. The number of nitrogens with one attached hydrogen (secondary N) is 1. The van der Waals surface area contributed by atoms with Crippen LogP contribution in [0.5, 0.6) is 0 Å². The van der Waals surface area contributed by atoms with Crippen LogP contribution in [0.1, 0.15) is 23.6 Å². The van der Waals surface area contributed by atoms with Crippen molar-refractivity contribution in [2.75, 3.05) is 0 Å². The fraction of sp³-hybridized carbons (Fsp3) is 0.0870. The zero-order valence-corrected chi connectivity index (χ0v) is 17.1. The van der Waals surface area contributed by atoms with Gasteiger partial charge in [0.1, 0.15) is 0 Å². The molecule has 0 radical (unpaired) electrons. The molecule has 148 valence electrons. The molecule has 0 heterocycles. The predicted molar refractivity (Wildman–Crippen MR) is 118 cm³/mol. The molecule has 0 atom stereocenters. The molecule has 0 amide bonds. The number of allylic oxidation sites excluding steroid dienone is 2. The summed E-state index contributed by atoms with van der Waals surface area (Å²) in [5, 5.41) is 13.9. The molecule has 0 aliphatic carbocycles. The summed E-state index contributed by atoms with van der Waals surface area (Å²) in [5.41, 5.74) is 11.9. The van der Waals surface area contributed by atoms with E-state index in [4.69, 9.17) is 16.3 Å². The maximum absolute atomic E-state index is 11.7. The van der Waals surface area contributed by atoms with Gasteiger partial charge in [0.25, 0.3) is 0 Å². The van der Waals surface area contributed by atoms with Crippen LogP contribution in [0.15, 0.2) is 83.4 Å². The van der Waals surface area contributed by atoms with Crippen LogP contribution in [-0.4, -0.2) is 14.1 Å². The Kier molecular flexibility index (Phi) is 5.68. The Bertz CT molecular complexity index is 1190. The van der Waals surface area contributed by atoms with E-state index in [0.717, 1.165) is 27.8 Å². The summed E-state index contributed by atoms with van der Waals surface area (Å²) in [6.07, 6.45) is 0. The van der Waals surface area contributed by atoms with Gasteiger partial charge in [0.2, 0.25) is 10.0 Å². The van der Waals surface area contributed by atoms with Gasteiger partial charge in [-0.15, -0.1) is 0 Å². The Morgan fingerprint density at radius 1 is 0.897 bits per heavy atom. The molecule has 0 bridgehead atoms. The Labute approximate surface area is 171 Å². The Hall–Kier alpha value is -3.22. The van der Waals surface area contributed by atoms with Gasteiger partial charge in [-0.1, -0.05) is 60.7 Å². The second-order valence-corrected chi connectivity index (χ2v) is 8.46. The largest absolute Gasteiger partial charge is 0.402 e. The van der Waals surface area contributed by atoms with E-state index in [0.29, 0.717) is 17.0 Å². The van der Waals surface area contributed by atoms with Crippen LogP contribution in [-0.2, 0) is 10.0 Å². The number of hydrogen-bond donors (Lipinski definition) is 3. The summed E-state index contributed by atoms with van der Waals surface area (Å²) in [7, 11) is -3.78. The van der Waals surface area contributed by atoms with E-state index in [-0.39, 0.29) is 4.90 Å². The Balaban J connectivity index is 2.02. The lowest BCUT2D eigenvalue weighted by atomic mass is 9.92. The summed E-state index contributed by atoms with van der Waals surface area (Å²) < 4.78 is 23.4. The Morgan fingerprint density at radius 3 is 2.07 bits per heavy atom. The van der Waals surface area contributed by atoms with Crippen molar-refractivity contribution in [2.24, 2.45) is 10.9 Å². The number of primary sulfonamides is 1. The summed E-state index contributed by atoms with van der Waals surface area (Å²) in [5.74, 6) is 0. The minimum Gasteiger partial charge on any atom is -0.402 e. The molecule has 0 aliphatic heterocycles. The minimum absolute atomic E-state index is 0.0754. The van der Waals surface area contributed by atoms with E-state index in [1.165, 1.54) is 6.07 Å². The SMILES string of the molecule is C/C(N)=C(/C(=N)c1ccccc1)c1ccc(-c2cc(S(N)(=O)=O)ccc2C)cc1. The topological polar surface area (TPSA) is 110 Å². The maximum atomic E-state index is 11.7. The molecule has 0 fully saturated rings. The van der Waals surface area contributed by atoms with Crippen LogP contribution in [0, 0.1) is 12.3 Å². The third-order valence-corrected chi connectivity index (χ3v) is 5.64. The van der Waals surface area contributed by atoms with Gasteiger partial charge in [-0.2, -0.15) is 0 Å². The average molecular weight is 406 g/mol. The highest BCUT2D eigenvalue weighted by Gasteiger charge is 2.14. The normalized spacial score (nSPS) is 12.4. The van der Waals surface area contributed by atoms with Crippen molar-refractivity contribution in [1.29, 1.82) is 5.41 Å². The van der Waals surface area contributed by atoms with Gasteiger partial charge in [0.05, 0.1) is 10.6 Å². The van der Waals surface area contributed by atoms with Crippen molar-refractivity contribution in [3.8, 4) is 11.1 Å². The number of nitrogens with two attached hydrogens (primary N) is 2. The van der Waals surface area contributed by atoms with Crippen LogP contribution >= 0.6 is 0 Å². The maximum Gasteiger partial charge on any atom is 0.238 e. The Morgan fingerprint density at radius 2 is 1.52 bits per heavy atom. The van der Waals surface area contributed by atoms with Crippen LogP contribution in [0.2, 0.25) is 0 Å². The summed E-state index contributed by atoms with van der Waals surface area (Å²) in [6, 6.07) is 21.8. The minimum atomic E-state index is -3.78. The van der Waals surface area contributed by atoms with Gasteiger partial charge in [-0.05, 0) is 48.2 Å². The molecule has 3 aromatic carbocycles. The van der Waals surface area contributed by atoms with Crippen LogP contribution < -0.4 is 10.9 Å². The quantitative estimate of drug-likeness (QED) is 0.557. The van der Waals surface area contributed by atoms with Gasteiger partial charge < -0.3 is 5.73 Å². The summed E-state index contributed by atoms with van der Waals surface area (Å²) >= 11 is 0. The van der Waals surface area contributed by atoms with Crippen LogP contribution in [0.4, 0.5) is 0 Å². The predicted octanol–water partition coefficient (Wildman–Crippen LogP) is 4.07. The first-order valence-corrected chi connectivity index (χ1v) is 10.6. The molecule has 0 unspecified atom stereocenters. The molecule has 0 saturated heterocycles. The average Bonchev–Trinajstić information content (AvgIpc) is 2.68. The summed E-state index contributed by atoms with van der Waals surface area (Å²) in [6.45, 7) is 3.69. The number of rotatable bonds is 5. The van der Waals surface area contributed by atoms with E-state index in [1.807, 2.05) is 61.5 Å². The van der Waals surface area contributed by atoms with Gasteiger partial charge in [0.15, 0.2) is 0 Å². The third kappa shape index (κ3) is 4.45. The smallest absolute Gasteiger partial charge is 0.238 e. The first-order valence-electron chi connectivity index (χ1n) is 9.03. The van der Waals surface area contributed by atoms with Crippen molar-refractivity contribution >= 4 is 21.3 Å². The number of benzene rings is 3. The zero-order valence-electron chi connectivity index (χ0n) is 16.3. The molecule has 0 spiro atoms. The van der Waals surface area contributed by atoms with E-state index in [2.05, 4.69) is 0 Å². The van der Waals surface area contributed by atoms with Crippen molar-refractivity contribution in [3.63, 3.8) is 0 Å². The molecule has 5 nitrogen and oxygen atoms in total. The fourth-order valence-corrected chi connectivity index (χ4v) is 3.76. The van der Waals surface area contributed by atoms with Gasteiger partial charge in [-0.25, -0.2) is 13.6 Å². The first-order chi connectivity index (χ1) is 13.7. The van der Waals surface area contributed by atoms with Crippen molar-refractivity contribution in [3.05, 3.63) is 95.2 Å². The second kappa shape index (κ2) is 8.03. The highest BCUT2D eigenvalue weighted by atomic mass is 32.2. The van der Waals surface area contributed by atoms with E-state index < -0.39 is 10.0 Å². The monoisotopic (exact) mass is 405 g/mol. The molecule has 3 rings (SSSR count). The second-order valence-electron chi connectivity index (χ2n) is 6.90. The number of hydrogen-bond acceptors (Lipinski definition) is 4. The summed E-state index contributed by atoms with van der Waals surface area (Å²) in [4.78, 5) is 0.0754. The first kappa shape index (κ1) is 20.5. The van der Waals surface area contributed by atoms with Crippen LogP contribution in [0.3, 0.4) is 0 Å².